The van der Waals surface area contributed by atoms with Crippen molar-refractivity contribution in [3.8, 4) is 5.75 Å². The van der Waals surface area contributed by atoms with Gasteiger partial charge in [0.05, 0.1) is 7.11 Å². The van der Waals surface area contributed by atoms with Gasteiger partial charge in [0.2, 0.25) is 5.91 Å². The lowest BCUT2D eigenvalue weighted by Crippen LogP contribution is -2.47. The van der Waals surface area contributed by atoms with E-state index in [0.29, 0.717) is 12.5 Å². The Balaban J connectivity index is 0.00000363. The molecule has 2 amide bonds. The van der Waals surface area contributed by atoms with Crippen LogP contribution in [-0.4, -0.2) is 79.9 Å². The Morgan fingerprint density at radius 2 is 1.69 bits per heavy atom. The molecule has 0 saturated carbocycles. The van der Waals surface area contributed by atoms with Gasteiger partial charge in [-0.15, -0.1) is 12.4 Å². The number of hydrogen-bond donors (Lipinski definition) is 0. The SMILES string of the molecule is CCCN(CC(=O)N1CCC(C2CCN(C)CC2)CC1)C(=O)c1ccc(OC)c(F)c1.Cl. The van der Waals surface area contributed by atoms with Crippen molar-refractivity contribution in [1.29, 1.82) is 0 Å². The molecule has 0 atom stereocenters. The van der Waals surface area contributed by atoms with Gasteiger partial charge in [-0.2, -0.15) is 0 Å². The number of nitrogens with zero attached hydrogens (tertiary/aromatic N) is 3. The van der Waals surface area contributed by atoms with Gasteiger partial charge >= 0.3 is 0 Å². The van der Waals surface area contributed by atoms with E-state index in [2.05, 4.69) is 11.9 Å². The molecule has 0 aromatic heterocycles. The van der Waals surface area contributed by atoms with Crippen molar-refractivity contribution in [2.24, 2.45) is 11.8 Å². The number of carbonyl (C=O) groups is 2. The molecule has 2 saturated heterocycles. The monoisotopic (exact) mass is 469 g/mol. The van der Waals surface area contributed by atoms with Crippen molar-refractivity contribution in [3.63, 3.8) is 0 Å². The standard InChI is InChI=1S/C24H36FN3O3.ClH/c1-4-11-28(24(30)20-5-6-22(31-3)21(25)16-20)17-23(29)27-14-9-19(10-15-27)18-7-12-26(2)13-8-18;/h5-6,16,18-19H,4,7-15,17H2,1-3H3;1H. The van der Waals surface area contributed by atoms with Gasteiger partial charge in [-0.3, -0.25) is 9.59 Å². The fourth-order valence-corrected chi connectivity index (χ4v) is 4.89. The quantitative estimate of drug-likeness (QED) is 0.611. The van der Waals surface area contributed by atoms with Crippen LogP contribution in [0.2, 0.25) is 0 Å². The summed E-state index contributed by atoms with van der Waals surface area (Å²) in [6.07, 6.45) is 5.34. The van der Waals surface area contributed by atoms with Crippen LogP contribution in [0, 0.1) is 17.7 Å². The number of rotatable bonds is 7. The number of hydrogen-bond acceptors (Lipinski definition) is 4. The molecule has 2 aliphatic heterocycles. The molecule has 32 heavy (non-hydrogen) atoms. The Morgan fingerprint density at radius 1 is 1.09 bits per heavy atom. The molecule has 0 N–H and O–H groups in total. The average Bonchev–Trinajstić information content (AvgIpc) is 2.79. The van der Waals surface area contributed by atoms with Crippen molar-refractivity contribution in [2.75, 3.05) is 53.4 Å². The lowest BCUT2D eigenvalue weighted by molar-refractivity contribution is -0.133. The molecule has 180 valence electrons. The normalized spacial score (nSPS) is 18.2. The zero-order valence-corrected chi connectivity index (χ0v) is 20.3. The topological polar surface area (TPSA) is 53.1 Å². The van der Waals surface area contributed by atoms with E-state index in [-0.39, 0.29) is 42.1 Å². The van der Waals surface area contributed by atoms with Crippen LogP contribution in [0.4, 0.5) is 4.39 Å². The minimum absolute atomic E-state index is 0. The third-order valence-corrected chi connectivity index (χ3v) is 6.83. The van der Waals surface area contributed by atoms with Crippen molar-refractivity contribution in [3.05, 3.63) is 29.6 Å². The highest BCUT2D eigenvalue weighted by Crippen LogP contribution is 2.32. The first-order chi connectivity index (χ1) is 14.9. The minimum atomic E-state index is -0.577. The number of benzene rings is 1. The van der Waals surface area contributed by atoms with Crippen LogP contribution in [0.25, 0.3) is 0 Å². The van der Waals surface area contributed by atoms with E-state index in [1.54, 1.807) is 6.07 Å². The van der Waals surface area contributed by atoms with Gasteiger partial charge in [0, 0.05) is 25.2 Å². The van der Waals surface area contributed by atoms with Gasteiger partial charge in [0.15, 0.2) is 11.6 Å². The summed E-state index contributed by atoms with van der Waals surface area (Å²) in [5.74, 6) is 0.662. The van der Waals surface area contributed by atoms with Crippen molar-refractivity contribution in [1.82, 2.24) is 14.7 Å². The highest BCUT2D eigenvalue weighted by Gasteiger charge is 2.31. The maximum absolute atomic E-state index is 14.1. The Hall–Kier alpha value is -1.86. The molecule has 1 aromatic rings. The van der Waals surface area contributed by atoms with E-state index in [1.807, 2.05) is 11.8 Å². The predicted octanol–water partition coefficient (Wildman–Crippen LogP) is 3.69. The fraction of sp³-hybridized carbons (Fsp3) is 0.667. The Morgan fingerprint density at radius 3 is 2.22 bits per heavy atom. The molecule has 0 radical (unpaired) electrons. The van der Waals surface area contributed by atoms with Crippen LogP contribution >= 0.6 is 12.4 Å². The highest BCUT2D eigenvalue weighted by molar-refractivity contribution is 5.96. The number of likely N-dealkylation sites (tertiary alicyclic amines) is 2. The number of carbonyl (C=O) groups excluding carboxylic acids is 2. The van der Waals surface area contributed by atoms with Crippen LogP contribution in [0.3, 0.4) is 0 Å². The summed E-state index contributed by atoms with van der Waals surface area (Å²) in [4.78, 5) is 31.7. The smallest absolute Gasteiger partial charge is 0.254 e. The molecule has 6 nitrogen and oxygen atoms in total. The molecule has 2 fully saturated rings. The van der Waals surface area contributed by atoms with Crippen LogP contribution in [0.1, 0.15) is 49.4 Å². The second-order valence-electron chi connectivity index (χ2n) is 8.93. The van der Waals surface area contributed by atoms with Gasteiger partial charge in [0.25, 0.3) is 5.91 Å². The summed E-state index contributed by atoms with van der Waals surface area (Å²) in [5, 5.41) is 0. The van der Waals surface area contributed by atoms with E-state index in [0.717, 1.165) is 38.3 Å². The first-order valence-electron chi connectivity index (χ1n) is 11.5. The first kappa shape index (κ1) is 26.4. The number of amides is 2. The van der Waals surface area contributed by atoms with Crippen LogP contribution in [-0.2, 0) is 4.79 Å². The molecular weight excluding hydrogens is 433 g/mol. The van der Waals surface area contributed by atoms with Gasteiger partial charge in [-0.25, -0.2) is 4.39 Å². The van der Waals surface area contributed by atoms with Crippen LogP contribution in [0.5, 0.6) is 5.75 Å². The third kappa shape index (κ3) is 6.58. The summed E-state index contributed by atoms with van der Waals surface area (Å²) < 4.78 is 19.0. The number of ether oxygens (including phenoxy) is 1. The number of piperidine rings is 2. The Bertz CT molecular complexity index is 763. The third-order valence-electron chi connectivity index (χ3n) is 6.83. The van der Waals surface area contributed by atoms with Gasteiger partial charge in [-0.1, -0.05) is 6.92 Å². The van der Waals surface area contributed by atoms with Crippen molar-refractivity contribution < 1.29 is 18.7 Å². The molecular formula is C24H37ClFN3O3. The fourth-order valence-electron chi connectivity index (χ4n) is 4.89. The first-order valence-corrected chi connectivity index (χ1v) is 11.5. The van der Waals surface area contributed by atoms with Crippen LogP contribution < -0.4 is 4.74 Å². The van der Waals surface area contributed by atoms with Crippen LogP contribution in [0.15, 0.2) is 18.2 Å². The minimum Gasteiger partial charge on any atom is -0.494 e. The van der Waals surface area contributed by atoms with E-state index >= 15 is 0 Å². The van der Waals surface area contributed by atoms with E-state index in [9.17, 15) is 14.0 Å². The largest absolute Gasteiger partial charge is 0.494 e. The maximum atomic E-state index is 14.1. The van der Waals surface area contributed by atoms with Gasteiger partial charge in [0.1, 0.15) is 6.54 Å². The average molecular weight is 470 g/mol. The lowest BCUT2D eigenvalue weighted by Gasteiger charge is -2.39. The maximum Gasteiger partial charge on any atom is 0.254 e. The molecule has 2 heterocycles. The molecule has 0 aliphatic carbocycles. The van der Waals surface area contributed by atoms with Gasteiger partial charge < -0.3 is 19.4 Å². The molecule has 0 unspecified atom stereocenters. The molecule has 1 aromatic carbocycles. The van der Waals surface area contributed by atoms with E-state index in [4.69, 9.17) is 4.74 Å². The zero-order valence-electron chi connectivity index (χ0n) is 19.5. The number of methoxy groups -OCH3 is 1. The second-order valence-corrected chi connectivity index (χ2v) is 8.93. The molecule has 2 aliphatic rings. The lowest BCUT2D eigenvalue weighted by atomic mass is 9.79. The van der Waals surface area contributed by atoms with Gasteiger partial charge in [-0.05, 0) is 82.3 Å². The summed E-state index contributed by atoms with van der Waals surface area (Å²) in [6.45, 7) is 6.34. The van der Waals surface area contributed by atoms with E-state index < -0.39 is 5.82 Å². The predicted molar refractivity (Wildman–Crippen MR) is 126 cm³/mol. The summed E-state index contributed by atoms with van der Waals surface area (Å²) in [5.41, 5.74) is 0.237. The molecule has 0 bridgehead atoms. The molecule has 8 heteroatoms. The molecule has 0 spiro atoms. The van der Waals surface area contributed by atoms with Crippen molar-refractivity contribution >= 4 is 24.2 Å². The second kappa shape index (κ2) is 12.4. The Labute approximate surface area is 197 Å². The van der Waals surface area contributed by atoms with Crippen molar-refractivity contribution in [2.45, 2.75) is 39.0 Å². The van der Waals surface area contributed by atoms with E-state index in [1.165, 1.54) is 50.1 Å². The zero-order chi connectivity index (χ0) is 22.4. The Kier molecular flexibility index (Phi) is 10.2. The highest BCUT2D eigenvalue weighted by atomic mass is 35.5. The molecule has 3 rings (SSSR count). The summed E-state index contributed by atoms with van der Waals surface area (Å²) in [7, 11) is 3.57. The number of halogens is 2. The summed E-state index contributed by atoms with van der Waals surface area (Å²) >= 11 is 0. The summed E-state index contributed by atoms with van der Waals surface area (Å²) in [6, 6.07) is 4.17.